The molecular formula is C42H42N4O4S. The summed E-state index contributed by atoms with van der Waals surface area (Å²) in [6.45, 7) is 8.41. The van der Waals surface area contributed by atoms with E-state index in [-0.39, 0.29) is 18.1 Å². The molecule has 9 heteroatoms. The van der Waals surface area contributed by atoms with Crippen LogP contribution in [-0.4, -0.2) is 35.6 Å². The maximum atomic E-state index is 13.3. The molecule has 5 rings (SSSR count). The highest BCUT2D eigenvalue weighted by molar-refractivity contribution is 8.03. The summed E-state index contributed by atoms with van der Waals surface area (Å²) in [7, 11) is 1.59. The number of unbranched alkanes of at least 4 members (excludes halogenated alkanes) is 1. The molecule has 51 heavy (non-hydrogen) atoms. The van der Waals surface area contributed by atoms with Gasteiger partial charge in [0.1, 0.15) is 5.75 Å². The number of hydrogen-bond donors (Lipinski definition) is 4. The largest absolute Gasteiger partial charge is 0.497 e. The van der Waals surface area contributed by atoms with Gasteiger partial charge < -0.3 is 26.2 Å². The molecule has 5 N–H and O–H groups in total. The van der Waals surface area contributed by atoms with Crippen molar-refractivity contribution in [2.24, 2.45) is 5.73 Å². The fourth-order valence-electron chi connectivity index (χ4n) is 5.53. The van der Waals surface area contributed by atoms with Crippen LogP contribution in [0.3, 0.4) is 0 Å². The molecule has 0 aliphatic carbocycles. The fourth-order valence-corrected chi connectivity index (χ4v) is 6.34. The highest BCUT2D eigenvalue weighted by atomic mass is 32.2. The first-order valence-corrected chi connectivity index (χ1v) is 17.4. The third kappa shape index (κ3) is 9.75. The van der Waals surface area contributed by atoms with Gasteiger partial charge in [0.05, 0.1) is 23.7 Å². The molecule has 0 spiro atoms. The molecule has 2 amide bonds. The van der Waals surface area contributed by atoms with Crippen LogP contribution in [0.2, 0.25) is 0 Å². The van der Waals surface area contributed by atoms with Crippen LogP contribution in [0.4, 0.5) is 17.1 Å². The van der Waals surface area contributed by atoms with Crippen LogP contribution < -0.4 is 31.7 Å². The van der Waals surface area contributed by atoms with Crippen LogP contribution in [0.25, 0.3) is 22.8 Å². The standard InChI is InChI=1S/C42H42N4O4S/c1-27(2)39-37(40(38(26-44-39)41(43)48)45-34-11-8-12-35(25-34)50-4)23-28(3)51-36-13-7-10-32(24-36)42(49)46-33-20-18-31(19-21-33)30-16-14-29(15-17-30)9-5-6-22-47/h7-8,10-21,23-26,45,47H,3,5-6,9,22H2,1-2,4H3,(H2,43,48)(H,46,49)/b37-23+. The smallest absolute Gasteiger partial charge is 0.255 e. The summed E-state index contributed by atoms with van der Waals surface area (Å²) in [6.07, 6.45) is 6.07. The van der Waals surface area contributed by atoms with Gasteiger partial charge in [0.25, 0.3) is 11.8 Å². The van der Waals surface area contributed by atoms with E-state index in [0.717, 1.165) is 40.9 Å². The van der Waals surface area contributed by atoms with E-state index < -0.39 is 5.91 Å². The Kier molecular flexibility index (Phi) is 12.5. The molecule has 0 aliphatic rings. The van der Waals surface area contributed by atoms with Crippen LogP contribution in [-0.2, 0) is 6.42 Å². The Hall–Kier alpha value is -5.64. The fraction of sp³-hybridized carbons (Fsp3) is 0.167. The lowest BCUT2D eigenvalue weighted by Crippen LogP contribution is -2.35. The normalized spacial score (nSPS) is 11.2. The number of methoxy groups -OCH3 is 1. The summed E-state index contributed by atoms with van der Waals surface area (Å²) >= 11 is 1.40. The summed E-state index contributed by atoms with van der Waals surface area (Å²) in [6, 6.07) is 30.9. The van der Waals surface area contributed by atoms with E-state index in [4.69, 9.17) is 15.6 Å². The van der Waals surface area contributed by atoms with Crippen molar-refractivity contribution in [2.75, 3.05) is 24.4 Å². The molecule has 0 bridgehead atoms. The number of carbonyl (C=O) groups excluding carboxylic acids is 2. The predicted octanol–water partition coefficient (Wildman–Crippen LogP) is 7.44. The zero-order chi connectivity index (χ0) is 36.3. The lowest BCUT2D eigenvalue weighted by atomic mass is 10.0. The van der Waals surface area contributed by atoms with Crippen molar-refractivity contribution in [1.82, 2.24) is 4.98 Å². The third-order valence-corrected chi connectivity index (χ3v) is 9.02. The number of benzene rings is 4. The first kappa shape index (κ1) is 36.6. The zero-order valence-corrected chi connectivity index (χ0v) is 29.8. The van der Waals surface area contributed by atoms with Crippen molar-refractivity contribution >= 4 is 52.3 Å². The molecule has 8 nitrogen and oxygen atoms in total. The van der Waals surface area contributed by atoms with E-state index >= 15 is 0 Å². The first-order chi connectivity index (χ1) is 24.6. The summed E-state index contributed by atoms with van der Waals surface area (Å²) in [5.41, 5.74) is 12.8. The van der Waals surface area contributed by atoms with Gasteiger partial charge in [-0.1, -0.05) is 72.4 Å². The van der Waals surface area contributed by atoms with E-state index in [1.807, 2.05) is 86.7 Å². The number of nitrogens with one attached hydrogen (secondary N) is 2. The Morgan fingerprint density at radius 1 is 0.922 bits per heavy atom. The molecule has 5 aromatic rings. The SMILES string of the molecule is C=C(/C=c1/c(Nc2cccc(OC)c2)c(C(N)=O)cnc1=C(C)C)Sc1cccc(C(=O)Nc2ccc(-c3ccc(CCCCO)cc3)cc2)c1. The topological polar surface area (TPSA) is 127 Å². The number of hydrogen-bond acceptors (Lipinski definition) is 7. The van der Waals surface area contributed by atoms with Gasteiger partial charge in [0.2, 0.25) is 0 Å². The van der Waals surface area contributed by atoms with Crippen molar-refractivity contribution in [3.8, 4) is 16.9 Å². The highest BCUT2D eigenvalue weighted by Gasteiger charge is 2.14. The number of nitrogens with two attached hydrogens (primary N) is 1. The summed E-state index contributed by atoms with van der Waals surface area (Å²) in [5.74, 6) is -0.185. The lowest BCUT2D eigenvalue weighted by Gasteiger charge is -2.13. The summed E-state index contributed by atoms with van der Waals surface area (Å²) in [4.78, 5) is 31.9. The number of aliphatic hydroxyl groups excluding tert-OH is 1. The van der Waals surface area contributed by atoms with Crippen molar-refractivity contribution in [1.29, 1.82) is 0 Å². The van der Waals surface area contributed by atoms with E-state index in [1.54, 1.807) is 13.2 Å². The van der Waals surface area contributed by atoms with Gasteiger partial charge >= 0.3 is 0 Å². The van der Waals surface area contributed by atoms with Gasteiger partial charge in [-0.3, -0.25) is 14.6 Å². The number of primary amides is 1. The maximum absolute atomic E-state index is 13.3. The molecule has 1 aromatic heterocycles. The number of pyridine rings is 1. The van der Waals surface area contributed by atoms with Gasteiger partial charge in [-0.2, -0.15) is 0 Å². The van der Waals surface area contributed by atoms with Crippen LogP contribution in [0.15, 0.2) is 120 Å². The Labute approximate surface area is 302 Å². The predicted molar refractivity (Wildman–Crippen MR) is 209 cm³/mol. The van der Waals surface area contributed by atoms with Crippen LogP contribution >= 0.6 is 11.8 Å². The molecule has 260 valence electrons. The molecule has 4 aromatic carbocycles. The van der Waals surface area contributed by atoms with Crippen LogP contribution in [0.5, 0.6) is 5.75 Å². The molecule has 0 radical (unpaired) electrons. The molecular weight excluding hydrogens is 657 g/mol. The Morgan fingerprint density at radius 2 is 1.63 bits per heavy atom. The zero-order valence-electron chi connectivity index (χ0n) is 29.0. The Balaban J connectivity index is 1.33. The number of thioether (sulfide) groups is 1. The lowest BCUT2D eigenvalue weighted by molar-refractivity contribution is 0.0998. The quantitative estimate of drug-likeness (QED) is 0.0702. The number of amides is 2. The number of nitrogens with zero attached hydrogens (tertiary/aromatic N) is 1. The van der Waals surface area contributed by atoms with Crippen LogP contribution in [0, 0.1) is 0 Å². The van der Waals surface area contributed by atoms with Gasteiger partial charge in [-0.25, -0.2) is 0 Å². The van der Waals surface area contributed by atoms with Gasteiger partial charge in [0, 0.05) is 50.8 Å². The minimum absolute atomic E-state index is 0.221. The number of anilines is 3. The highest BCUT2D eigenvalue weighted by Crippen LogP contribution is 2.29. The Bertz CT molecular complexity index is 2160. The van der Waals surface area contributed by atoms with Gasteiger partial charge in [-0.05, 0) is 98.3 Å². The number of carbonyl (C=O) groups is 2. The van der Waals surface area contributed by atoms with E-state index in [9.17, 15) is 9.59 Å². The van der Waals surface area contributed by atoms with Crippen molar-refractivity contribution in [3.05, 3.63) is 142 Å². The summed E-state index contributed by atoms with van der Waals surface area (Å²) in [5, 5.41) is 16.7. The number of allylic oxidation sites excluding steroid dienone is 1. The van der Waals surface area contributed by atoms with Gasteiger partial charge in [-0.15, -0.1) is 0 Å². The minimum Gasteiger partial charge on any atom is -0.497 e. The maximum Gasteiger partial charge on any atom is 0.255 e. The number of aromatic nitrogens is 1. The van der Waals surface area contributed by atoms with E-state index in [0.29, 0.717) is 43.8 Å². The molecule has 0 fully saturated rings. The first-order valence-electron chi connectivity index (χ1n) is 16.6. The van der Waals surface area contributed by atoms with Crippen molar-refractivity contribution < 1.29 is 19.4 Å². The van der Waals surface area contributed by atoms with Gasteiger partial charge in [0.15, 0.2) is 0 Å². The van der Waals surface area contributed by atoms with Crippen molar-refractivity contribution in [2.45, 2.75) is 38.0 Å². The second kappa shape index (κ2) is 17.3. The number of rotatable bonds is 14. The average Bonchev–Trinajstić information content (AvgIpc) is 3.13. The molecule has 0 saturated heterocycles. The number of aliphatic hydroxyl groups is 1. The molecule has 0 atom stereocenters. The number of aryl methyl sites for hydroxylation is 1. The second-order valence-electron chi connectivity index (χ2n) is 12.2. The molecule has 1 heterocycles. The molecule has 0 saturated carbocycles. The van der Waals surface area contributed by atoms with Crippen LogP contribution in [0.1, 0.15) is 53.0 Å². The van der Waals surface area contributed by atoms with E-state index in [1.165, 1.54) is 23.5 Å². The third-order valence-electron chi connectivity index (χ3n) is 8.15. The average molecular weight is 699 g/mol. The molecule has 0 aliphatic heterocycles. The van der Waals surface area contributed by atoms with E-state index in [2.05, 4.69) is 46.5 Å². The summed E-state index contributed by atoms with van der Waals surface area (Å²) < 4.78 is 5.38. The minimum atomic E-state index is -0.616. The van der Waals surface area contributed by atoms with Crippen molar-refractivity contribution in [3.63, 3.8) is 0 Å². The second-order valence-corrected chi connectivity index (χ2v) is 13.4. The Morgan fingerprint density at radius 3 is 2.29 bits per heavy atom. The number of ether oxygens (including phenoxy) is 1. The monoisotopic (exact) mass is 698 g/mol. The molecule has 0 unspecified atom stereocenters.